The second-order valence-corrected chi connectivity index (χ2v) is 4.26. The first-order valence-corrected chi connectivity index (χ1v) is 6.50. The van der Waals surface area contributed by atoms with Crippen molar-refractivity contribution >= 4 is 5.69 Å². The van der Waals surface area contributed by atoms with Gasteiger partial charge < -0.3 is 10.5 Å². The molecule has 2 heterocycles. The summed E-state index contributed by atoms with van der Waals surface area (Å²) in [6.45, 7) is 2.45. The van der Waals surface area contributed by atoms with E-state index in [0.29, 0.717) is 29.9 Å². The zero-order chi connectivity index (χ0) is 14.7. The lowest BCUT2D eigenvalue weighted by Gasteiger charge is -2.03. The van der Waals surface area contributed by atoms with E-state index in [-0.39, 0.29) is 0 Å². The smallest absolute Gasteiger partial charge is 0.255 e. The van der Waals surface area contributed by atoms with Gasteiger partial charge >= 0.3 is 0 Å². The van der Waals surface area contributed by atoms with Crippen LogP contribution in [0.4, 0.5) is 5.69 Å². The Kier molecular flexibility index (Phi) is 3.46. The van der Waals surface area contributed by atoms with E-state index in [9.17, 15) is 0 Å². The Balaban J connectivity index is 1.91. The van der Waals surface area contributed by atoms with Gasteiger partial charge in [-0.2, -0.15) is 9.67 Å². The van der Waals surface area contributed by atoms with Crippen molar-refractivity contribution in [3.8, 4) is 23.2 Å². The number of hydrogen-bond donors (Lipinski definition) is 1. The Morgan fingerprint density at radius 1 is 1.14 bits per heavy atom. The molecule has 0 aliphatic rings. The molecule has 0 saturated carbocycles. The van der Waals surface area contributed by atoms with E-state index in [1.54, 1.807) is 18.6 Å². The average Bonchev–Trinajstić information content (AvgIpc) is 2.98. The summed E-state index contributed by atoms with van der Waals surface area (Å²) < 4.78 is 6.85. The van der Waals surface area contributed by atoms with Crippen molar-refractivity contribution < 1.29 is 4.74 Å². The lowest BCUT2D eigenvalue weighted by molar-refractivity contribution is 0.325. The SMILES string of the molecule is CCOc1ccnc(-n2cnc(-c3ccc(N)cc3)n2)n1. The van der Waals surface area contributed by atoms with Crippen LogP contribution in [0.2, 0.25) is 0 Å². The number of ether oxygens (including phenoxy) is 1. The molecule has 3 aromatic rings. The zero-order valence-corrected chi connectivity index (χ0v) is 11.5. The number of rotatable bonds is 4. The van der Waals surface area contributed by atoms with Crippen LogP contribution >= 0.6 is 0 Å². The Hall–Kier alpha value is -2.96. The number of nitrogen functional groups attached to an aromatic ring is 1. The Bertz CT molecular complexity index is 737. The third kappa shape index (κ3) is 2.81. The van der Waals surface area contributed by atoms with Crippen LogP contribution in [0.25, 0.3) is 17.3 Å². The van der Waals surface area contributed by atoms with E-state index in [4.69, 9.17) is 10.5 Å². The quantitative estimate of drug-likeness (QED) is 0.732. The molecular weight excluding hydrogens is 268 g/mol. The minimum atomic E-state index is 0.412. The first-order valence-electron chi connectivity index (χ1n) is 6.50. The molecule has 0 atom stereocenters. The molecule has 0 aliphatic heterocycles. The summed E-state index contributed by atoms with van der Waals surface area (Å²) in [5.41, 5.74) is 7.24. The van der Waals surface area contributed by atoms with Crippen molar-refractivity contribution in [2.24, 2.45) is 0 Å². The van der Waals surface area contributed by atoms with E-state index >= 15 is 0 Å². The minimum absolute atomic E-state index is 0.412. The van der Waals surface area contributed by atoms with Gasteiger partial charge in [0.05, 0.1) is 6.61 Å². The highest BCUT2D eigenvalue weighted by atomic mass is 16.5. The van der Waals surface area contributed by atoms with Crippen LogP contribution in [-0.2, 0) is 0 Å². The fourth-order valence-corrected chi connectivity index (χ4v) is 1.79. The third-order valence-corrected chi connectivity index (χ3v) is 2.78. The van der Waals surface area contributed by atoms with Gasteiger partial charge in [0.2, 0.25) is 5.88 Å². The molecule has 7 heteroatoms. The normalized spacial score (nSPS) is 10.5. The van der Waals surface area contributed by atoms with Gasteiger partial charge in [-0.3, -0.25) is 0 Å². The topological polar surface area (TPSA) is 91.7 Å². The number of aromatic nitrogens is 5. The van der Waals surface area contributed by atoms with Gasteiger partial charge in [0.15, 0.2) is 5.82 Å². The van der Waals surface area contributed by atoms with Crippen LogP contribution in [0.3, 0.4) is 0 Å². The summed E-state index contributed by atoms with van der Waals surface area (Å²) in [5.74, 6) is 1.50. The van der Waals surface area contributed by atoms with Gasteiger partial charge in [0, 0.05) is 23.5 Å². The third-order valence-electron chi connectivity index (χ3n) is 2.78. The zero-order valence-electron chi connectivity index (χ0n) is 11.5. The van der Waals surface area contributed by atoms with Crippen LogP contribution in [0.1, 0.15) is 6.92 Å². The molecule has 0 saturated heterocycles. The predicted octanol–water partition coefficient (Wildman–Crippen LogP) is 1.71. The van der Waals surface area contributed by atoms with Crippen molar-refractivity contribution in [3.05, 3.63) is 42.9 Å². The molecule has 0 fully saturated rings. The summed E-state index contributed by atoms with van der Waals surface area (Å²) in [7, 11) is 0. The Labute approximate surface area is 121 Å². The first kappa shape index (κ1) is 13.0. The van der Waals surface area contributed by atoms with E-state index in [1.807, 2.05) is 31.2 Å². The van der Waals surface area contributed by atoms with Crippen LogP contribution < -0.4 is 10.5 Å². The Morgan fingerprint density at radius 2 is 1.95 bits per heavy atom. The van der Waals surface area contributed by atoms with E-state index < -0.39 is 0 Å². The highest BCUT2D eigenvalue weighted by Crippen LogP contribution is 2.17. The van der Waals surface area contributed by atoms with Gasteiger partial charge in [-0.1, -0.05) is 0 Å². The average molecular weight is 282 g/mol. The van der Waals surface area contributed by atoms with Crippen molar-refractivity contribution in [3.63, 3.8) is 0 Å². The summed E-state index contributed by atoms with van der Waals surface area (Å²) >= 11 is 0. The summed E-state index contributed by atoms with van der Waals surface area (Å²) in [4.78, 5) is 12.7. The molecule has 3 rings (SSSR count). The van der Waals surface area contributed by atoms with E-state index in [2.05, 4.69) is 20.1 Å². The van der Waals surface area contributed by atoms with Gasteiger partial charge in [-0.15, -0.1) is 5.10 Å². The number of hydrogen-bond acceptors (Lipinski definition) is 6. The van der Waals surface area contributed by atoms with Gasteiger partial charge in [0.1, 0.15) is 6.33 Å². The molecule has 106 valence electrons. The molecule has 0 spiro atoms. The van der Waals surface area contributed by atoms with Gasteiger partial charge in [0.25, 0.3) is 5.95 Å². The van der Waals surface area contributed by atoms with Crippen molar-refractivity contribution in [1.82, 2.24) is 24.7 Å². The van der Waals surface area contributed by atoms with E-state index in [0.717, 1.165) is 5.56 Å². The molecule has 0 unspecified atom stereocenters. The van der Waals surface area contributed by atoms with Crippen LogP contribution in [0, 0.1) is 0 Å². The molecule has 0 amide bonds. The summed E-state index contributed by atoms with van der Waals surface area (Å²) in [5, 5.41) is 4.37. The summed E-state index contributed by atoms with van der Waals surface area (Å²) in [6, 6.07) is 9.05. The highest BCUT2D eigenvalue weighted by molar-refractivity contribution is 5.58. The molecule has 1 aromatic carbocycles. The van der Waals surface area contributed by atoms with Gasteiger partial charge in [-0.25, -0.2) is 9.97 Å². The highest BCUT2D eigenvalue weighted by Gasteiger charge is 2.08. The molecule has 0 radical (unpaired) electrons. The maximum atomic E-state index is 5.67. The lowest BCUT2D eigenvalue weighted by Crippen LogP contribution is -2.04. The fraction of sp³-hybridized carbons (Fsp3) is 0.143. The van der Waals surface area contributed by atoms with Crippen molar-refractivity contribution in [1.29, 1.82) is 0 Å². The second-order valence-electron chi connectivity index (χ2n) is 4.26. The summed E-state index contributed by atoms with van der Waals surface area (Å²) in [6.07, 6.45) is 3.19. The maximum absolute atomic E-state index is 5.67. The molecule has 0 bridgehead atoms. The van der Waals surface area contributed by atoms with Gasteiger partial charge in [-0.05, 0) is 31.2 Å². The van der Waals surface area contributed by atoms with Crippen molar-refractivity contribution in [2.45, 2.75) is 6.92 Å². The first-order chi connectivity index (χ1) is 10.3. The Morgan fingerprint density at radius 3 is 2.71 bits per heavy atom. The van der Waals surface area contributed by atoms with Crippen molar-refractivity contribution in [2.75, 3.05) is 12.3 Å². The largest absolute Gasteiger partial charge is 0.478 e. The second kappa shape index (κ2) is 5.58. The molecule has 21 heavy (non-hydrogen) atoms. The molecule has 2 aromatic heterocycles. The molecular formula is C14H14N6O. The molecule has 7 nitrogen and oxygen atoms in total. The molecule has 0 aliphatic carbocycles. The number of anilines is 1. The number of nitrogens with zero attached hydrogens (tertiary/aromatic N) is 5. The fourth-order valence-electron chi connectivity index (χ4n) is 1.79. The molecule has 2 N–H and O–H groups in total. The minimum Gasteiger partial charge on any atom is -0.478 e. The standard InChI is InChI=1S/C14H14N6O/c1-2-21-12-7-8-16-14(18-12)20-9-17-13(19-20)10-3-5-11(15)6-4-10/h3-9H,2,15H2,1H3. The predicted molar refractivity (Wildman–Crippen MR) is 78.0 cm³/mol. The maximum Gasteiger partial charge on any atom is 0.255 e. The number of nitrogens with two attached hydrogens (primary N) is 1. The monoisotopic (exact) mass is 282 g/mol. The van der Waals surface area contributed by atoms with Crippen LogP contribution in [0.5, 0.6) is 5.88 Å². The van der Waals surface area contributed by atoms with E-state index in [1.165, 1.54) is 4.68 Å². The van der Waals surface area contributed by atoms with Crippen LogP contribution in [-0.4, -0.2) is 31.3 Å². The lowest BCUT2D eigenvalue weighted by atomic mass is 10.2. The number of benzene rings is 1. The van der Waals surface area contributed by atoms with Crippen LogP contribution in [0.15, 0.2) is 42.9 Å².